The summed E-state index contributed by atoms with van der Waals surface area (Å²) < 4.78 is 19.2. The second-order valence-electron chi connectivity index (χ2n) is 2.96. The Morgan fingerprint density at radius 3 is 2.71 bits per heavy atom. The van der Waals surface area contributed by atoms with Gasteiger partial charge in [-0.1, -0.05) is 11.6 Å². The van der Waals surface area contributed by atoms with Gasteiger partial charge < -0.3 is 4.74 Å². The Bertz CT molecular complexity index is 568. The van der Waals surface area contributed by atoms with Gasteiger partial charge in [0, 0.05) is 0 Å². The highest BCUT2D eigenvalue weighted by molar-refractivity contribution is 9.10. The lowest BCUT2D eigenvalue weighted by Gasteiger charge is -2.07. The van der Waals surface area contributed by atoms with Gasteiger partial charge in [0.1, 0.15) is 22.4 Å². The van der Waals surface area contributed by atoms with Crippen molar-refractivity contribution in [3.63, 3.8) is 0 Å². The fourth-order valence-electron chi connectivity index (χ4n) is 1.06. The maximum Gasteiger partial charge on any atom is 0.238 e. The number of halogens is 4. The SMILES string of the molecule is Fc1ccc(Oc2ncnc(Cl)c2Br)cc1Br. The number of nitrogens with zero attached hydrogens (tertiary/aromatic N) is 2. The van der Waals surface area contributed by atoms with Crippen molar-refractivity contribution in [2.45, 2.75) is 0 Å². The summed E-state index contributed by atoms with van der Waals surface area (Å²) in [6.45, 7) is 0. The minimum absolute atomic E-state index is 0.246. The largest absolute Gasteiger partial charge is 0.438 e. The molecule has 0 aliphatic heterocycles. The summed E-state index contributed by atoms with van der Waals surface area (Å²) in [7, 11) is 0. The third kappa shape index (κ3) is 2.94. The maximum absolute atomic E-state index is 13.0. The molecule has 7 heteroatoms. The van der Waals surface area contributed by atoms with Gasteiger partial charge in [-0.15, -0.1) is 0 Å². The van der Waals surface area contributed by atoms with Crippen molar-refractivity contribution in [2.24, 2.45) is 0 Å². The van der Waals surface area contributed by atoms with Crippen LogP contribution < -0.4 is 4.74 Å². The van der Waals surface area contributed by atoms with E-state index >= 15 is 0 Å². The Morgan fingerprint density at radius 1 is 1.24 bits per heavy atom. The zero-order valence-electron chi connectivity index (χ0n) is 8.12. The van der Waals surface area contributed by atoms with E-state index < -0.39 is 0 Å². The van der Waals surface area contributed by atoms with Crippen LogP contribution in [0.5, 0.6) is 11.6 Å². The van der Waals surface area contributed by atoms with Crippen LogP contribution in [0.2, 0.25) is 5.15 Å². The van der Waals surface area contributed by atoms with E-state index in [1.165, 1.54) is 24.5 Å². The molecule has 0 saturated heterocycles. The molecule has 0 amide bonds. The second kappa shape index (κ2) is 5.29. The third-order valence-corrected chi connectivity index (χ3v) is 3.66. The average Bonchev–Trinajstić information content (AvgIpc) is 2.30. The highest BCUT2D eigenvalue weighted by atomic mass is 79.9. The lowest BCUT2D eigenvalue weighted by Crippen LogP contribution is -1.92. The fourth-order valence-corrected chi connectivity index (χ4v) is 1.82. The van der Waals surface area contributed by atoms with Gasteiger partial charge in [0.2, 0.25) is 5.88 Å². The van der Waals surface area contributed by atoms with Crippen molar-refractivity contribution >= 4 is 43.5 Å². The van der Waals surface area contributed by atoms with Crippen LogP contribution >= 0.6 is 43.5 Å². The molecule has 2 aromatic rings. The number of ether oxygens (including phenoxy) is 1. The molecule has 3 nitrogen and oxygen atoms in total. The summed E-state index contributed by atoms with van der Waals surface area (Å²) in [5, 5.41) is 0.246. The molecule has 1 aromatic heterocycles. The van der Waals surface area contributed by atoms with Crippen molar-refractivity contribution in [2.75, 3.05) is 0 Å². The van der Waals surface area contributed by atoms with Gasteiger partial charge in [0.25, 0.3) is 0 Å². The minimum atomic E-state index is -0.364. The number of benzene rings is 1. The van der Waals surface area contributed by atoms with Crippen molar-refractivity contribution < 1.29 is 9.13 Å². The van der Waals surface area contributed by atoms with Crippen LogP contribution in [0.15, 0.2) is 33.5 Å². The summed E-state index contributed by atoms with van der Waals surface area (Å²) in [6.07, 6.45) is 1.28. The second-order valence-corrected chi connectivity index (χ2v) is 4.97. The summed E-state index contributed by atoms with van der Waals surface area (Å²) in [4.78, 5) is 7.68. The Morgan fingerprint density at radius 2 is 2.00 bits per heavy atom. The molecule has 0 radical (unpaired) electrons. The molecule has 17 heavy (non-hydrogen) atoms. The molecule has 0 atom stereocenters. The zero-order valence-corrected chi connectivity index (χ0v) is 12.1. The zero-order chi connectivity index (χ0) is 12.4. The first-order valence-electron chi connectivity index (χ1n) is 4.37. The van der Waals surface area contributed by atoms with E-state index in [9.17, 15) is 4.39 Å². The normalized spacial score (nSPS) is 10.4. The molecular formula is C10H4Br2ClFN2O. The average molecular weight is 382 g/mol. The summed E-state index contributed by atoms with van der Waals surface area (Å²) in [5.74, 6) is 0.342. The lowest BCUT2D eigenvalue weighted by molar-refractivity contribution is 0.456. The third-order valence-electron chi connectivity index (χ3n) is 1.82. The summed E-state index contributed by atoms with van der Waals surface area (Å²) in [5.41, 5.74) is 0. The first kappa shape index (κ1) is 12.7. The molecule has 0 unspecified atom stereocenters. The van der Waals surface area contributed by atoms with Crippen LogP contribution in [0.3, 0.4) is 0 Å². The van der Waals surface area contributed by atoms with E-state index in [0.29, 0.717) is 14.7 Å². The summed E-state index contributed by atoms with van der Waals surface area (Å²) in [6, 6.07) is 4.27. The Kier molecular flexibility index (Phi) is 3.96. The number of aromatic nitrogens is 2. The van der Waals surface area contributed by atoms with Crippen LogP contribution in [-0.2, 0) is 0 Å². The van der Waals surface area contributed by atoms with Crippen LogP contribution in [0.1, 0.15) is 0 Å². The monoisotopic (exact) mass is 380 g/mol. The minimum Gasteiger partial charge on any atom is -0.438 e. The standard InChI is InChI=1S/C10H4Br2ClFN2O/c11-6-3-5(1-2-7(6)14)17-10-8(12)9(13)15-4-16-10/h1-4H. The number of hydrogen-bond acceptors (Lipinski definition) is 3. The molecule has 0 aliphatic rings. The van der Waals surface area contributed by atoms with Gasteiger partial charge in [-0.05, 0) is 50.1 Å². The molecular weight excluding hydrogens is 378 g/mol. The van der Waals surface area contributed by atoms with E-state index in [4.69, 9.17) is 16.3 Å². The predicted octanol–water partition coefficient (Wildman–Crippen LogP) is 4.59. The predicted molar refractivity (Wildman–Crippen MR) is 68.9 cm³/mol. The molecule has 0 spiro atoms. The first-order valence-corrected chi connectivity index (χ1v) is 6.33. The van der Waals surface area contributed by atoms with Crippen molar-refractivity contribution in [1.29, 1.82) is 0 Å². The molecule has 2 rings (SSSR count). The van der Waals surface area contributed by atoms with E-state index in [0.717, 1.165) is 0 Å². The summed E-state index contributed by atoms with van der Waals surface area (Å²) >= 11 is 12.1. The van der Waals surface area contributed by atoms with Gasteiger partial charge in [0.15, 0.2) is 5.15 Å². The van der Waals surface area contributed by atoms with E-state index in [1.54, 1.807) is 0 Å². The maximum atomic E-state index is 13.0. The molecule has 0 N–H and O–H groups in total. The van der Waals surface area contributed by atoms with Crippen LogP contribution in [-0.4, -0.2) is 9.97 Å². The first-order chi connectivity index (χ1) is 8.08. The van der Waals surface area contributed by atoms with Gasteiger partial charge in [0.05, 0.1) is 4.47 Å². The van der Waals surface area contributed by atoms with Crippen LogP contribution in [0.4, 0.5) is 4.39 Å². The number of hydrogen-bond donors (Lipinski definition) is 0. The quantitative estimate of drug-likeness (QED) is 0.713. The Balaban J connectivity index is 2.31. The highest BCUT2D eigenvalue weighted by Crippen LogP contribution is 2.32. The molecule has 0 saturated carbocycles. The van der Waals surface area contributed by atoms with Crippen molar-refractivity contribution in [3.8, 4) is 11.6 Å². The number of rotatable bonds is 2. The van der Waals surface area contributed by atoms with Gasteiger partial charge in [-0.3, -0.25) is 0 Å². The van der Waals surface area contributed by atoms with E-state index in [1.807, 2.05) is 0 Å². The van der Waals surface area contributed by atoms with Crippen molar-refractivity contribution in [1.82, 2.24) is 9.97 Å². The molecule has 0 bridgehead atoms. The molecule has 88 valence electrons. The topological polar surface area (TPSA) is 35.0 Å². The van der Waals surface area contributed by atoms with Crippen LogP contribution in [0, 0.1) is 5.82 Å². The smallest absolute Gasteiger partial charge is 0.238 e. The van der Waals surface area contributed by atoms with Crippen molar-refractivity contribution in [3.05, 3.63) is 44.4 Å². The Hall–Kier alpha value is -0.720. The molecule has 0 fully saturated rings. The fraction of sp³-hybridized carbons (Fsp3) is 0. The highest BCUT2D eigenvalue weighted by Gasteiger charge is 2.10. The van der Waals surface area contributed by atoms with E-state index in [2.05, 4.69) is 41.8 Å². The molecule has 1 aromatic carbocycles. The van der Waals surface area contributed by atoms with Gasteiger partial charge >= 0.3 is 0 Å². The molecule has 1 heterocycles. The van der Waals surface area contributed by atoms with E-state index in [-0.39, 0.29) is 16.9 Å². The van der Waals surface area contributed by atoms with Crippen LogP contribution in [0.25, 0.3) is 0 Å². The van der Waals surface area contributed by atoms with Gasteiger partial charge in [-0.2, -0.15) is 0 Å². The Labute approximate surface area is 118 Å². The lowest BCUT2D eigenvalue weighted by atomic mass is 10.3. The molecule has 0 aliphatic carbocycles. The van der Waals surface area contributed by atoms with Gasteiger partial charge in [-0.25, -0.2) is 14.4 Å².